The fourth-order valence-electron chi connectivity index (χ4n) is 3.78. The van der Waals surface area contributed by atoms with Crippen molar-refractivity contribution in [2.45, 2.75) is 18.9 Å². The lowest BCUT2D eigenvalue weighted by Crippen LogP contribution is -2.38. The Balaban J connectivity index is 1.58. The van der Waals surface area contributed by atoms with Gasteiger partial charge in [0.2, 0.25) is 5.91 Å². The second kappa shape index (κ2) is 7.50. The number of likely N-dealkylation sites (tertiary alicyclic amines) is 1. The van der Waals surface area contributed by atoms with Gasteiger partial charge in [-0.25, -0.2) is 0 Å². The highest BCUT2D eigenvalue weighted by Crippen LogP contribution is 2.24. The van der Waals surface area contributed by atoms with Crippen molar-refractivity contribution in [3.05, 3.63) is 70.8 Å². The largest absolute Gasteiger partial charge is 0.343 e. The summed E-state index contributed by atoms with van der Waals surface area (Å²) in [7, 11) is 1.42. The van der Waals surface area contributed by atoms with Gasteiger partial charge in [-0.3, -0.25) is 24.1 Å². The molecule has 4 rings (SSSR count). The molecule has 29 heavy (non-hydrogen) atoms. The van der Waals surface area contributed by atoms with E-state index in [-0.39, 0.29) is 29.3 Å². The number of carbonyl (C=O) groups is 4. The summed E-state index contributed by atoms with van der Waals surface area (Å²) in [5, 5.41) is 2.98. The Hall–Kier alpha value is -3.48. The summed E-state index contributed by atoms with van der Waals surface area (Å²) < 4.78 is 0. The predicted molar refractivity (Wildman–Crippen MR) is 105 cm³/mol. The SMILES string of the molecule is CN1C(=O)c2ccc(C(=O)NC(CN3CCCC3=O)c3ccccc3)cc2C1=O. The number of amides is 4. The summed E-state index contributed by atoms with van der Waals surface area (Å²) in [6.07, 6.45) is 1.35. The summed E-state index contributed by atoms with van der Waals surface area (Å²) >= 11 is 0. The van der Waals surface area contributed by atoms with Crippen molar-refractivity contribution in [2.75, 3.05) is 20.1 Å². The van der Waals surface area contributed by atoms with E-state index in [4.69, 9.17) is 0 Å². The van der Waals surface area contributed by atoms with Crippen LogP contribution in [0.15, 0.2) is 48.5 Å². The number of rotatable bonds is 5. The van der Waals surface area contributed by atoms with Crippen LogP contribution in [0.2, 0.25) is 0 Å². The number of carbonyl (C=O) groups excluding carboxylic acids is 4. The van der Waals surface area contributed by atoms with E-state index in [2.05, 4.69) is 5.32 Å². The number of nitrogens with one attached hydrogen (secondary N) is 1. The van der Waals surface area contributed by atoms with E-state index in [1.54, 1.807) is 11.0 Å². The average molecular weight is 391 g/mol. The lowest BCUT2D eigenvalue weighted by molar-refractivity contribution is -0.128. The summed E-state index contributed by atoms with van der Waals surface area (Å²) in [6.45, 7) is 1.07. The molecule has 2 heterocycles. The molecule has 0 bridgehead atoms. The Morgan fingerprint density at radius 1 is 1.03 bits per heavy atom. The van der Waals surface area contributed by atoms with E-state index in [1.165, 1.54) is 19.2 Å². The van der Waals surface area contributed by atoms with Crippen LogP contribution >= 0.6 is 0 Å². The molecule has 1 saturated heterocycles. The quantitative estimate of drug-likeness (QED) is 0.790. The Morgan fingerprint density at radius 2 is 1.76 bits per heavy atom. The maximum atomic E-state index is 12.9. The number of hydrogen-bond donors (Lipinski definition) is 1. The number of imide groups is 1. The number of fused-ring (bicyclic) bond motifs is 1. The second-order valence-electron chi connectivity index (χ2n) is 7.31. The molecular formula is C22H21N3O4. The van der Waals surface area contributed by atoms with Crippen LogP contribution in [0.1, 0.15) is 55.5 Å². The van der Waals surface area contributed by atoms with Gasteiger partial charge in [0.1, 0.15) is 0 Å². The summed E-state index contributed by atoms with van der Waals surface area (Å²) in [4.78, 5) is 52.1. The fraction of sp³-hybridized carbons (Fsp3) is 0.273. The molecular weight excluding hydrogens is 370 g/mol. The van der Waals surface area contributed by atoms with Crippen molar-refractivity contribution in [3.63, 3.8) is 0 Å². The van der Waals surface area contributed by atoms with E-state index in [1.807, 2.05) is 30.3 Å². The minimum atomic E-state index is -0.415. The molecule has 148 valence electrons. The third-order valence-corrected chi connectivity index (χ3v) is 5.43. The molecule has 0 radical (unpaired) electrons. The van der Waals surface area contributed by atoms with Crippen molar-refractivity contribution >= 4 is 23.6 Å². The highest BCUT2D eigenvalue weighted by atomic mass is 16.2. The maximum Gasteiger partial charge on any atom is 0.261 e. The molecule has 1 N–H and O–H groups in total. The first-order valence-corrected chi connectivity index (χ1v) is 9.55. The third-order valence-electron chi connectivity index (χ3n) is 5.43. The van der Waals surface area contributed by atoms with Crippen LogP contribution in [0, 0.1) is 0 Å². The van der Waals surface area contributed by atoms with E-state index in [0.29, 0.717) is 30.6 Å². The highest BCUT2D eigenvalue weighted by molar-refractivity contribution is 6.21. The van der Waals surface area contributed by atoms with E-state index < -0.39 is 5.91 Å². The molecule has 4 amide bonds. The molecule has 2 aliphatic heterocycles. The normalized spacial score (nSPS) is 16.9. The van der Waals surface area contributed by atoms with E-state index in [9.17, 15) is 19.2 Å². The zero-order valence-corrected chi connectivity index (χ0v) is 16.1. The van der Waals surface area contributed by atoms with Crippen molar-refractivity contribution in [1.29, 1.82) is 0 Å². The smallest absolute Gasteiger partial charge is 0.261 e. The average Bonchev–Trinajstić information content (AvgIpc) is 3.24. The van der Waals surface area contributed by atoms with E-state index in [0.717, 1.165) is 16.9 Å². The monoisotopic (exact) mass is 391 g/mol. The first-order chi connectivity index (χ1) is 14.0. The zero-order chi connectivity index (χ0) is 20.5. The van der Waals surface area contributed by atoms with Gasteiger partial charge < -0.3 is 10.2 Å². The molecule has 2 aromatic carbocycles. The first-order valence-electron chi connectivity index (χ1n) is 9.55. The molecule has 2 aliphatic rings. The standard InChI is InChI=1S/C22H21N3O4/c1-24-21(28)16-10-9-15(12-17(16)22(24)29)20(27)23-18(14-6-3-2-4-7-14)13-25-11-5-8-19(25)26/h2-4,6-7,9-10,12,18H,5,8,11,13H2,1H3,(H,23,27). The van der Waals surface area contributed by atoms with Crippen LogP contribution in [-0.2, 0) is 4.79 Å². The lowest BCUT2D eigenvalue weighted by atomic mass is 10.0. The Bertz CT molecular complexity index is 1000. The van der Waals surface area contributed by atoms with Crippen molar-refractivity contribution in [2.24, 2.45) is 0 Å². The molecule has 7 nitrogen and oxygen atoms in total. The molecule has 1 fully saturated rings. The van der Waals surface area contributed by atoms with Gasteiger partial charge in [0.25, 0.3) is 17.7 Å². The third kappa shape index (κ3) is 3.51. The minimum Gasteiger partial charge on any atom is -0.343 e. The van der Waals surface area contributed by atoms with Crippen LogP contribution in [0.3, 0.4) is 0 Å². The van der Waals surface area contributed by atoms with Crippen LogP contribution < -0.4 is 5.32 Å². The molecule has 0 spiro atoms. The van der Waals surface area contributed by atoms with Gasteiger partial charge in [-0.1, -0.05) is 30.3 Å². The van der Waals surface area contributed by atoms with Crippen LogP contribution in [0.5, 0.6) is 0 Å². The lowest BCUT2D eigenvalue weighted by Gasteiger charge is -2.25. The first kappa shape index (κ1) is 18.9. The second-order valence-corrected chi connectivity index (χ2v) is 7.31. The molecule has 0 aliphatic carbocycles. The van der Waals surface area contributed by atoms with Gasteiger partial charge in [-0.15, -0.1) is 0 Å². The number of benzene rings is 2. The van der Waals surface area contributed by atoms with Gasteiger partial charge in [-0.05, 0) is 30.2 Å². The van der Waals surface area contributed by atoms with Crippen molar-refractivity contribution in [3.8, 4) is 0 Å². The Labute approximate surface area is 168 Å². The van der Waals surface area contributed by atoms with Gasteiger partial charge in [0.15, 0.2) is 0 Å². The predicted octanol–water partition coefficient (Wildman–Crippen LogP) is 2.01. The molecule has 2 aromatic rings. The van der Waals surface area contributed by atoms with Gasteiger partial charge in [0.05, 0.1) is 17.2 Å². The maximum absolute atomic E-state index is 12.9. The van der Waals surface area contributed by atoms with Gasteiger partial charge >= 0.3 is 0 Å². The van der Waals surface area contributed by atoms with E-state index >= 15 is 0 Å². The zero-order valence-electron chi connectivity index (χ0n) is 16.1. The molecule has 0 aromatic heterocycles. The Morgan fingerprint density at radius 3 is 2.45 bits per heavy atom. The fourth-order valence-corrected chi connectivity index (χ4v) is 3.78. The van der Waals surface area contributed by atoms with Crippen LogP contribution in [0.4, 0.5) is 0 Å². The van der Waals surface area contributed by atoms with Crippen molar-refractivity contribution in [1.82, 2.24) is 15.1 Å². The van der Waals surface area contributed by atoms with Gasteiger partial charge in [-0.2, -0.15) is 0 Å². The van der Waals surface area contributed by atoms with Gasteiger partial charge in [0, 0.05) is 32.1 Å². The van der Waals surface area contributed by atoms with Crippen LogP contribution in [-0.4, -0.2) is 53.6 Å². The Kier molecular flexibility index (Phi) is 4.88. The number of nitrogens with zero attached hydrogens (tertiary/aromatic N) is 2. The topological polar surface area (TPSA) is 86.8 Å². The highest BCUT2D eigenvalue weighted by Gasteiger charge is 2.33. The minimum absolute atomic E-state index is 0.0878. The number of hydrogen-bond acceptors (Lipinski definition) is 4. The molecule has 1 atom stereocenters. The summed E-state index contributed by atoms with van der Waals surface area (Å²) in [5.41, 5.74) is 1.73. The molecule has 0 saturated carbocycles. The van der Waals surface area contributed by atoms with Crippen molar-refractivity contribution < 1.29 is 19.2 Å². The summed E-state index contributed by atoms with van der Waals surface area (Å²) in [6, 6.07) is 13.6. The summed E-state index contributed by atoms with van der Waals surface area (Å²) in [5.74, 6) is -1.05. The molecule has 1 unspecified atom stereocenters. The molecule has 7 heteroatoms. The van der Waals surface area contributed by atoms with Crippen LogP contribution in [0.25, 0.3) is 0 Å².